The van der Waals surface area contributed by atoms with E-state index in [0.717, 1.165) is 36.4 Å². The molecule has 1 aliphatic heterocycles. The highest BCUT2D eigenvalue weighted by Crippen LogP contribution is 2.35. The van der Waals surface area contributed by atoms with Gasteiger partial charge in [0.05, 0.1) is 10.7 Å². The molecule has 2 N–H and O–H groups in total. The van der Waals surface area contributed by atoms with E-state index >= 15 is 0 Å². The smallest absolute Gasteiger partial charge is 0.0642 e. The molecule has 2 nitrogen and oxygen atoms in total. The van der Waals surface area contributed by atoms with Gasteiger partial charge < -0.3 is 10.6 Å². The van der Waals surface area contributed by atoms with Gasteiger partial charge in [-0.05, 0) is 36.4 Å². The third-order valence-electron chi connectivity index (χ3n) is 3.79. The molecule has 2 atom stereocenters. The summed E-state index contributed by atoms with van der Waals surface area (Å²) in [4.78, 5) is 2.42. The molecule has 0 amide bonds. The molecule has 0 saturated carbocycles. The minimum absolute atomic E-state index is 0.673. The quantitative estimate of drug-likeness (QED) is 0.896. The molecule has 2 rings (SSSR count). The van der Waals surface area contributed by atoms with Gasteiger partial charge in [-0.3, -0.25) is 0 Å². The monoisotopic (exact) mass is 252 g/mol. The van der Waals surface area contributed by atoms with Crippen molar-refractivity contribution in [2.24, 2.45) is 17.6 Å². The zero-order chi connectivity index (χ0) is 12.4. The molecule has 1 aromatic rings. The lowest BCUT2D eigenvalue weighted by molar-refractivity contribution is 0.494. The van der Waals surface area contributed by atoms with Crippen LogP contribution in [0.25, 0.3) is 0 Å². The molecule has 17 heavy (non-hydrogen) atoms. The molecule has 2 unspecified atom stereocenters. The number of nitrogens with two attached hydrogens (primary N) is 1. The van der Waals surface area contributed by atoms with Gasteiger partial charge >= 0.3 is 0 Å². The number of rotatable bonds is 3. The van der Waals surface area contributed by atoms with Gasteiger partial charge in [0.1, 0.15) is 0 Å². The van der Waals surface area contributed by atoms with Crippen LogP contribution in [0.1, 0.15) is 19.4 Å². The summed E-state index contributed by atoms with van der Waals surface area (Å²) in [7, 11) is 0. The average molecular weight is 253 g/mol. The molecule has 0 aliphatic carbocycles. The summed E-state index contributed by atoms with van der Waals surface area (Å²) >= 11 is 6.36. The lowest BCUT2D eigenvalue weighted by Gasteiger charge is -2.23. The summed E-state index contributed by atoms with van der Waals surface area (Å²) in [6, 6.07) is 6.13. The predicted molar refractivity (Wildman–Crippen MR) is 74.8 cm³/mol. The first kappa shape index (κ1) is 12.7. The largest absolute Gasteiger partial charge is 0.370 e. The second-order valence-corrected chi connectivity index (χ2v) is 5.55. The van der Waals surface area contributed by atoms with Crippen LogP contribution in [0.2, 0.25) is 5.02 Å². The molecule has 94 valence electrons. The topological polar surface area (TPSA) is 29.3 Å². The third-order valence-corrected chi connectivity index (χ3v) is 4.09. The summed E-state index contributed by atoms with van der Waals surface area (Å²) in [6.07, 6.45) is 0.898. The maximum Gasteiger partial charge on any atom is 0.0642 e. The van der Waals surface area contributed by atoms with E-state index in [1.165, 1.54) is 11.3 Å². The molecule has 1 aromatic carbocycles. The van der Waals surface area contributed by atoms with Gasteiger partial charge in [-0.25, -0.2) is 0 Å². The van der Waals surface area contributed by atoms with Crippen molar-refractivity contribution in [1.29, 1.82) is 0 Å². The number of benzene rings is 1. The summed E-state index contributed by atoms with van der Waals surface area (Å²) < 4.78 is 0. The fourth-order valence-corrected chi connectivity index (χ4v) is 2.90. The van der Waals surface area contributed by atoms with Gasteiger partial charge in [0.25, 0.3) is 0 Å². The number of nitrogens with zero attached hydrogens (tertiary/aromatic N) is 1. The number of para-hydroxylation sites is 1. The standard InChI is InChI=1S/C14H21ClN2/c1-10-8-17(9-11(10)2)14-12(6-7-16)4-3-5-13(14)15/h3-5,10-11H,6-9,16H2,1-2H3. The van der Waals surface area contributed by atoms with E-state index in [4.69, 9.17) is 17.3 Å². The molecule has 1 saturated heterocycles. The van der Waals surface area contributed by atoms with Crippen LogP contribution in [0.5, 0.6) is 0 Å². The molecule has 0 radical (unpaired) electrons. The van der Waals surface area contributed by atoms with Crippen LogP contribution in [0, 0.1) is 11.8 Å². The highest BCUT2D eigenvalue weighted by atomic mass is 35.5. The maximum atomic E-state index is 6.36. The lowest BCUT2D eigenvalue weighted by atomic mass is 10.0. The SMILES string of the molecule is CC1CN(c2c(Cl)cccc2CCN)CC1C. The Morgan fingerprint density at radius 3 is 2.53 bits per heavy atom. The van der Waals surface area contributed by atoms with E-state index in [9.17, 15) is 0 Å². The van der Waals surface area contributed by atoms with Crippen molar-refractivity contribution < 1.29 is 0 Å². The van der Waals surface area contributed by atoms with E-state index < -0.39 is 0 Å². The maximum absolute atomic E-state index is 6.36. The zero-order valence-corrected chi connectivity index (χ0v) is 11.4. The first-order chi connectivity index (χ1) is 8.13. The summed E-state index contributed by atoms with van der Waals surface area (Å²) in [5, 5.41) is 0.859. The van der Waals surface area contributed by atoms with E-state index in [-0.39, 0.29) is 0 Å². The molecular formula is C14H21ClN2. The minimum Gasteiger partial charge on any atom is -0.370 e. The number of hydrogen-bond acceptors (Lipinski definition) is 2. The van der Waals surface area contributed by atoms with Crippen LogP contribution in [-0.2, 0) is 6.42 Å². The van der Waals surface area contributed by atoms with Crippen LogP contribution < -0.4 is 10.6 Å². The molecule has 0 bridgehead atoms. The van der Waals surface area contributed by atoms with Crippen LogP contribution in [0.3, 0.4) is 0 Å². The van der Waals surface area contributed by atoms with E-state index in [2.05, 4.69) is 24.8 Å². The van der Waals surface area contributed by atoms with Gasteiger partial charge in [-0.1, -0.05) is 37.6 Å². The number of halogens is 1. The van der Waals surface area contributed by atoms with E-state index in [1.54, 1.807) is 0 Å². The summed E-state index contributed by atoms with van der Waals surface area (Å²) in [6.45, 7) is 7.49. The molecule has 0 aromatic heterocycles. The Morgan fingerprint density at radius 1 is 1.29 bits per heavy atom. The molecule has 3 heteroatoms. The Balaban J connectivity index is 2.31. The first-order valence-corrected chi connectivity index (χ1v) is 6.73. The van der Waals surface area contributed by atoms with Crippen molar-refractivity contribution in [3.8, 4) is 0 Å². The predicted octanol–water partition coefficient (Wildman–Crippen LogP) is 2.93. The highest BCUT2D eigenvalue weighted by molar-refractivity contribution is 6.33. The Labute approximate surface area is 109 Å². The lowest BCUT2D eigenvalue weighted by Crippen LogP contribution is -2.22. The summed E-state index contributed by atoms with van der Waals surface area (Å²) in [5.74, 6) is 1.47. The van der Waals surface area contributed by atoms with Gasteiger partial charge in [-0.2, -0.15) is 0 Å². The van der Waals surface area contributed by atoms with Crippen molar-refractivity contribution in [1.82, 2.24) is 0 Å². The van der Waals surface area contributed by atoms with Gasteiger partial charge in [-0.15, -0.1) is 0 Å². The molecule has 1 fully saturated rings. The Bertz CT molecular complexity index is 382. The Kier molecular flexibility index (Phi) is 3.95. The van der Waals surface area contributed by atoms with Crippen molar-refractivity contribution in [2.75, 3.05) is 24.5 Å². The zero-order valence-electron chi connectivity index (χ0n) is 10.6. The van der Waals surface area contributed by atoms with E-state index in [1.807, 2.05) is 12.1 Å². The van der Waals surface area contributed by atoms with Crippen molar-refractivity contribution in [2.45, 2.75) is 20.3 Å². The second-order valence-electron chi connectivity index (χ2n) is 5.15. The first-order valence-electron chi connectivity index (χ1n) is 6.36. The van der Waals surface area contributed by atoms with Crippen LogP contribution in [0.4, 0.5) is 5.69 Å². The minimum atomic E-state index is 0.673. The van der Waals surface area contributed by atoms with Crippen molar-refractivity contribution in [3.05, 3.63) is 28.8 Å². The van der Waals surface area contributed by atoms with Crippen molar-refractivity contribution in [3.63, 3.8) is 0 Å². The molecular weight excluding hydrogens is 232 g/mol. The average Bonchev–Trinajstić information content (AvgIpc) is 2.59. The van der Waals surface area contributed by atoms with Crippen LogP contribution in [-0.4, -0.2) is 19.6 Å². The van der Waals surface area contributed by atoms with Gasteiger partial charge in [0.15, 0.2) is 0 Å². The number of hydrogen-bond donors (Lipinski definition) is 1. The normalized spacial score (nSPS) is 24.4. The third kappa shape index (κ3) is 2.58. The fraction of sp³-hybridized carbons (Fsp3) is 0.571. The fourth-order valence-electron chi connectivity index (χ4n) is 2.58. The van der Waals surface area contributed by atoms with Crippen LogP contribution >= 0.6 is 11.6 Å². The molecule has 1 aliphatic rings. The van der Waals surface area contributed by atoms with Gasteiger partial charge in [0.2, 0.25) is 0 Å². The summed E-state index contributed by atoms with van der Waals surface area (Å²) in [5.41, 5.74) is 8.15. The second kappa shape index (κ2) is 5.28. The molecule has 1 heterocycles. The van der Waals surface area contributed by atoms with Gasteiger partial charge in [0, 0.05) is 13.1 Å². The Morgan fingerprint density at radius 2 is 1.94 bits per heavy atom. The number of anilines is 1. The van der Waals surface area contributed by atoms with E-state index in [0.29, 0.717) is 6.54 Å². The van der Waals surface area contributed by atoms with Crippen molar-refractivity contribution >= 4 is 17.3 Å². The Hall–Kier alpha value is -0.730. The molecule has 0 spiro atoms. The van der Waals surface area contributed by atoms with Crippen LogP contribution in [0.15, 0.2) is 18.2 Å². The highest BCUT2D eigenvalue weighted by Gasteiger charge is 2.28.